The number of rotatable bonds is 8. The summed E-state index contributed by atoms with van der Waals surface area (Å²) in [6.45, 7) is 4.67. The first-order chi connectivity index (χ1) is 29.1. The lowest BCUT2D eigenvalue weighted by Gasteiger charge is -2.32. The minimum Gasteiger partial charge on any atom is -0.310 e. The first-order valence-electron chi connectivity index (χ1n) is 21.2. The van der Waals surface area contributed by atoms with Crippen LogP contribution in [0.1, 0.15) is 60.4 Å². The van der Waals surface area contributed by atoms with Crippen LogP contribution in [0, 0.1) is 0 Å². The minimum atomic E-state index is -0.0390. The molecule has 286 valence electrons. The number of aromatic nitrogens is 1. The lowest BCUT2D eigenvalue weighted by Crippen LogP contribution is -2.22. The molecule has 1 atom stereocenters. The zero-order valence-electron chi connectivity index (χ0n) is 33.7. The van der Waals surface area contributed by atoms with Gasteiger partial charge in [-0.1, -0.05) is 117 Å². The van der Waals surface area contributed by atoms with E-state index in [0.717, 1.165) is 25.7 Å². The van der Waals surface area contributed by atoms with Crippen LogP contribution < -0.4 is 9.80 Å². The van der Waals surface area contributed by atoms with Gasteiger partial charge in [-0.25, -0.2) is 0 Å². The van der Waals surface area contributed by atoms with Crippen molar-refractivity contribution in [2.45, 2.75) is 50.9 Å². The summed E-state index contributed by atoms with van der Waals surface area (Å²) in [5.41, 5.74) is 18.0. The molecular weight excluding hydrogens is 715 g/mol. The standard InChI is InChI=1S/C56H47N3/c1-39(2)49-37-50-48-25-15-16-26-53(48)59(45-23-13-6-14-24-45)55(50)38-54(49)58(44-21-11-5-12-22-44)47-30-28-41-32-34-56(52(41)36-47)33-31-40-27-29-46(35-51(40)56)57(42-17-7-3-8-18-42)43-19-9-4-10-20-43/h3-30,35-39H,31-34H2,1-2H3/t56-/m1/s1. The molecule has 1 heterocycles. The number of hydrogen-bond donors (Lipinski definition) is 0. The summed E-state index contributed by atoms with van der Waals surface area (Å²) in [7, 11) is 0. The zero-order chi connectivity index (χ0) is 39.5. The Bertz CT molecular complexity index is 2920. The van der Waals surface area contributed by atoms with Gasteiger partial charge < -0.3 is 14.4 Å². The van der Waals surface area contributed by atoms with Crippen LogP contribution in [-0.2, 0) is 18.3 Å². The molecule has 1 spiro atoms. The third kappa shape index (κ3) is 5.79. The van der Waals surface area contributed by atoms with E-state index in [-0.39, 0.29) is 5.41 Å². The van der Waals surface area contributed by atoms with Crippen LogP contribution in [0.15, 0.2) is 194 Å². The number of fused-ring (bicyclic) bond motifs is 7. The maximum atomic E-state index is 2.56. The maximum absolute atomic E-state index is 2.56. The number of para-hydroxylation sites is 5. The minimum absolute atomic E-state index is 0.0390. The summed E-state index contributed by atoms with van der Waals surface area (Å²) < 4.78 is 2.44. The van der Waals surface area contributed by atoms with Crippen LogP contribution in [0.2, 0.25) is 0 Å². The van der Waals surface area contributed by atoms with Crippen LogP contribution in [-0.4, -0.2) is 4.57 Å². The molecule has 0 unspecified atom stereocenters. The van der Waals surface area contributed by atoms with E-state index >= 15 is 0 Å². The summed E-state index contributed by atoms with van der Waals surface area (Å²) >= 11 is 0. The molecule has 2 aliphatic carbocycles. The van der Waals surface area contributed by atoms with Crippen LogP contribution in [0.4, 0.5) is 34.1 Å². The van der Waals surface area contributed by atoms with Crippen LogP contribution >= 0.6 is 0 Å². The predicted octanol–water partition coefficient (Wildman–Crippen LogP) is 15.0. The zero-order valence-corrected chi connectivity index (χ0v) is 33.7. The summed E-state index contributed by atoms with van der Waals surface area (Å²) in [5.74, 6) is 0.303. The third-order valence-electron chi connectivity index (χ3n) is 13.1. The van der Waals surface area contributed by atoms with Gasteiger partial charge in [0.05, 0.1) is 16.7 Å². The molecule has 0 fully saturated rings. The van der Waals surface area contributed by atoms with Crippen molar-refractivity contribution in [3.63, 3.8) is 0 Å². The highest BCUT2D eigenvalue weighted by molar-refractivity contribution is 6.11. The van der Waals surface area contributed by atoms with Gasteiger partial charge in [0.15, 0.2) is 0 Å². The van der Waals surface area contributed by atoms with E-state index in [1.807, 2.05) is 0 Å². The van der Waals surface area contributed by atoms with Crippen molar-refractivity contribution in [1.82, 2.24) is 4.57 Å². The smallest absolute Gasteiger partial charge is 0.0562 e. The second kappa shape index (κ2) is 14.2. The topological polar surface area (TPSA) is 11.4 Å². The van der Waals surface area contributed by atoms with Crippen molar-refractivity contribution in [3.8, 4) is 5.69 Å². The molecule has 3 heteroatoms. The van der Waals surface area contributed by atoms with E-state index in [9.17, 15) is 0 Å². The number of benzene rings is 8. The molecule has 9 aromatic rings. The Labute approximate surface area is 347 Å². The number of nitrogens with zero attached hydrogens (tertiary/aromatic N) is 3. The Kier molecular flexibility index (Phi) is 8.51. The Morgan fingerprint density at radius 2 is 0.932 bits per heavy atom. The molecule has 0 amide bonds. The SMILES string of the molecule is CC(C)c1cc2c3ccccc3n(-c3ccccc3)c2cc1N(c1ccccc1)c1ccc2c(c1)[C@]1(CCc3ccc(N(c4ccccc4)c4ccccc4)cc31)CC2. The molecule has 59 heavy (non-hydrogen) atoms. The van der Waals surface area contributed by atoms with E-state index in [1.54, 1.807) is 0 Å². The summed E-state index contributed by atoms with van der Waals surface area (Å²) in [6, 6.07) is 71.9. The Morgan fingerprint density at radius 3 is 1.49 bits per heavy atom. The van der Waals surface area contributed by atoms with Crippen LogP contribution in [0.5, 0.6) is 0 Å². The normalized spacial score (nSPS) is 15.6. The highest BCUT2D eigenvalue weighted by Gasteiger charge is 2.45. The largest absolute Gasteiger partial charge is 0.310 e. The highest BCUT2D eigenvalue weighted by atomic mass is 15.2. The van der Waals surface area contributed by atoms with Crippen molar-refractivity contribution in [3.05, 3.63) is 222 Å². The van der Waals surface area contributed by atoms with Crippen molar-refractivity contribution in [2.75, 3.05) is 9.80 Å². The Hall–Kier alpha value is -6.84. The molecule has 0 bridgehead atoms. The number of anilines is 6. The van der Waals surface area contributed by atoms with Gasteiger partial charge in [-0.2, -0.15) is 0 Å². The summed E-state index contributed by atoms with van der Waals surface area (Å²) in [4.78, 5) is 4.95. The second-order valence-electron chi connectivity index (χ2n) is 16.7. The fourth-order valence-corrected chi connectivity index (χ4v) is 10.4. The van der Waals surface area contributed by atoms with Gasteiger partial charge in [-0.3, -0.25) is 0 Å². The predicted molar refractivity (Wildman–Crippen MR) is 248 cm³/mol. The van der Waals surface area contributed by atoms with E-state index in [2.05, 4.69) is 222 Å². The molecular formula is C56H47N3. The number of hydrogen-bond acceptors (Lipinski definition) is 2. The van der Waals surface area contributed by atoms with Crippen LogP contribution in [0.3, 0.4) is 0 Å². The average molecular weight is 762 g/mol. The van der Waals surface area contributed by atoms with Gasteiger partial charge in [0.2, 0.25) is 0 Å². The molecule has 0 aliphatic heterocycles. The van der Waals surface area contributed by atoms with Crippen molar-refractivity contribution in [1.29, 1.82) is 0 Å². The monoisotopic (exact) mass is 761 g/mol. The fourth-order valence-electron chi connectivity index (χ4n) is 10.4. The fraction of sp³-hybridized carbons (Fsp3) is 0.143. The Morgan fingerprint density at radius 1 is 0.441 bits per heavy atom. The first-order valence-corrected chi connectivity index (χ1v) is 21.2. The third-order valence-corrected chi connectivity index (χ3v) is 13.1. The van der Waals surface area contributed by atoms with E-state index in [4.69, 9.17) is 0 Å². The molecule has 0 saturated carbocycles. The van der Waals surface area contributed by atoms with Gasteiger partial charge in [0.25, 0.3) is 0 Å². The molecule has 11 rings (SSSR count). The van der Waals surface area contributed by atoms with Crippen molar-refractivity contribution < 1.29 is 0 Å². The average Bonchev–Trinajstić information content (AvgIpc) is 3.96. The molecule has 2 aliphatic rings. The van der Waals surface area contributed by atoms with Gasteiger partial charge in [-0.15, -0.1) is 0 Å². The Balaban J connectivity index is 1.10. The van der Waals surface area contributed by atoms with E-state index in [1.165, 1.54) is 89.4 Å². The second-order valence-corrected chi connectivity index (χ2v) is 16.7. The van der Waals surface area contributed by atoms with Crippen molar-refractivity contribution in [2.24, 2.45) is 0 Å². The molecule has 3 nitrogen and oxygen atoms in total. The van der Waals surface area contributed by atoms with Gasteiger partial charge >= 0.3 is 0 Å². The molecule has 0 radical (unpaired) electrons. The van der Waals surface area contributed by atoms with Crippen LogP contribution in [0.25, 0.3) is 27.5 Å². The molecule has 1 aromatic heterocycles. The molecule has 0 N–H and O–H groups in total. The summed E-state index contributed by atoms with van der Waals surface area (Å²) in [5, 5.41) is 2.57. The van der Waals surface area contributed by atoms with Gasteiger partial charge in [-0.05, 0) is 150 Å². The quantitative estimate of drug-likeness (QED) is 0.153. The lowest BCUT2D eigenvalue weighted by atomic mass is 9.76. The first kappa shape index (κ1) is 35.3. The number of aryl methyl sites for hydroxylation is 2. The lowest BCUT2D eigenvalue weighted by molar-refractivity contribution is 0.507. The highest BCUT2D eigenvalue weighted by Crippen LogP contribution is 2.55. The van der Waals surface area contributed by atoms with E-state index < -0.39 is 0 Å². The van der Waals surface area contributed by atoms with Gasteiger partial charge in [0, 0.05) is 50.3 Å². The van der Waals surface area contributed by atoms with Crippen molar-refractivity contribution >= 4 is 55.9 Å². The maximum Gasteiger partial charge on any atom is 0.0562 e. The van der Waals surface area contributed by atoms with E-state index in [0.29, 0.717) is 5.92 Å². The molecule has 0 saturated heterocycles. The summed E-state index contributed by atoms with van der Waals surface area (Å²) in [6.07, 6.45) is 4.44. The van der Waals surface area contributed by atoms with Gasteiger partial charge in [0.1, 0.15) is 0 Å². The molecule has 8 aromatic carbocycles.